The van der Waals surface area contributed by atoms with Crippen molar-refractivity contribution in [2.75, 3.05) is 6.54 Å². The molecule has 4 heteroatoms. The Labute approximate surface area is 131 Å². The van der Waals surface area contributed by atoms with Crippen LogP contribution < -0.4 is 0 Å². The smallest absolute Gasteiger partial charge is 0.272 e. The van der Waals surface area contributed by atoms with Gasteiger partial charge in [0.05, 0.1) is 5.69 Å². The summed E-state index contributed by atoms with van der Waals surface area (Å²) in [6.07, 6.45) is 3.48. The molecule has 1 fully saturated rings. The van der Waals surface area contributed by atoms with E-state index < -0.39 is 0 Å². The van der Waals surface area contributed by atoms with Crippen LogP contribution in [0, 0.1) is 5.92 Å². The molecule has 116 valence electrons. The molecule has 1 aromatic heterocycles. The summed E-state index contributed by atoms with van der Waals surface area (Å²) in [6, 6.07) is 12.1. The van der Waals surface area contributed by atoms with Gasteiger partial charge in [0.1, 0.15) is 5.69 Å². The highest BCUT2D eigenvalue weighted by molar-refractivity contribution is 5.93. The number of aromatic nitrogens is 2. The topological polar surface area (TPSA) is 49.0 Å². The Morgan fingerprint density at radius 1 is 1.23 bits per heavy atom. The van der Waals surface area contributed by atoms with Crippen molar-refractivity contribution < 1.29 is 4.79 Å². The molecule has 0 bridgehead atoms. The van der Waals surface area contributed by atoms with Crippen molar-refractivity contribution in [1.82, 2.24) is 15.1 Å². The first-order valence-corrected chi connectivity index (χ1v) is 8.07. The van der Waals surface area contributed by atoms with E-state index in [0.717, 1.165) is 24.2 Å². The van der Waals surface area contributed by atoms with Crippen LogP contribution in [0.25, 0.3) is 11.3 Å². The van der Waals surface area contributed by atoms with Crippen molar-refractivity contribution in [1.29, 1.82) is 0 Å². The lowest BCUT2D eigenvalue weighted by atomic mass is 10.1. The summed E-state index contributed by atoms with van der Waals surface area (Å²) in [5.41, 5.74) is 2.43. The third kappa shape index (κ3) is 3.06. The second kappa shape index (κ2) is 6.34. The molecule has 1 aliphatic rings. The molecule has 0 unspecified atom stereocenters. The number of likely N-dealkylation sites (tertiary alicyclic amines) is 1. The molecular formula is C18H23N3O. The highest BCUT2D eigenvalue weighted by Crippen LogP contribution is 2.23. The van der Waals surface area contributed by atoms with Crippen LogP contribution in [0.3, 0.4) is 0 Å². The normalized spacial score (nSPS) is 22.4. The Morgan fingerprint density at radius 2 is 2.00 bits per heavy atom. The molecule has 1 aliphatic heterocycles. The van der Waals surface area contributed by atoms with Gasteiger partial charge in [0, 0.05) is 18.2 Å². The molecule has 0 spiro atoms. The number of benzene rings is 1. The predicted molar refractivity (Wildman–Crippen MR) is 87.5 cm³/mol. The van der Waals surface area contributed by atoms with Crippen LogP contribution in [-0.4, -0.2) is 33.6 Å². The number of hydrogen-bond acceptors (Lipinski definition) is 2. The zero-order chi connectivity index (χ0) is 15.5. The molecule has 0 radical (unpaired) electrons. The Hall–Kier alpha value is -2.10. The van der Waals surface area contributed by atoms with Gasteiger partial charge in [-0.2, -0.15) is 5.10 Å². The van der Waals surface area contributed by atoms with Crippen LogP contribution in [0.15, 0.2) is 36.4 Å². The number of nitrogens with one attached hydrogen (secondary N) is 1. The van der Waals surface area contributed by atoms with Gasteiger partial charge in [0.2, 0.25) is 0 Å². The molecule has 0 saturated carbocycles. The van der Waals surface area contributed by atoms with Gasteiger partial charge < -0.3 is 4.90 Å². The minimum atomic E-state index is 0.0657. The van der Waals surface area contributed by atoms with Gasteiger partial charge in [-0.1, -0.05) is 43.7 Å². The van der Waals surface area contributed by atoms with Crippen LogP contribution in [0.5, 0.6) is 0 Å². The van der Waals surface area contributed by atoms with Gasteiger partial charge in [-0.05, 0) is 31.7 Å². The lowest BCUT2D eigenvalue weighted by Crippen LogP contribution is -2.40. The molecule has 1 saturated heterocycles. The van der Waals surface area contributed by atoms with E-state index in [1.165, 1.54) is 12.8 Å². The van der Waals surface area contributed by atoms with Gasteiger partial charge in [0.15, 0.2) is 0 Å². The van der Waals surface area contributed by atoms with E-state index in [-0.39, 0.29) is 5.91 Å². The van der Waals surface area contributed by atoms with Crippen LogP contribution in [0.1, 0.15) is 43.6 Å². The van der Waals surface area contributed by atoms with Crippen LogP contribution in [0.4, 0.5) is 0 Å². The summed E-state index contributed by atoms with van der Waals surface area (Å²) >= 11 is 0. The molecule has 2 heterocycles. The molecule has 4 nitrogen and oxygen atoms in total. The van der Waals surface area contributed by atoms with Crippen molar-refractivity contribution in [2.45, 2.75) is 39.2 Å². The highest BCUT2D eigenvalue weighted by Gasteiger charge is 2.27. The number of rotatable bonds is 2. The average Bonchev–Trinajstić information content (AvgIpc) is 2.96. The van der Waals surface area contributed by atoms with E-state index in [9.17, 15) is 4.79 Å². The standard InChI is InChI=1S/C18H23N3O/c1-13-7-6-8-14(2)21(12-13)18(22)17-11-16(19-20-17)15-9-4-3-5-10-15/h3-5,9-11,13-14H,6-8,12H2,1-2H3,(H,19,20)/t13-,14-/m0/s1. The van der Waals surface area contributed by atoms with Crippen LogP contribution >= 0.6 is 0 Å². The van der Waals surface area contributed by atoms with E-state index in [0.29, 0.717) is 17.7 Å². The number of amides is 1. The number of carbonyl (C=O) groups excluding carboxylic acids is 1. The molecule has 1 aromatic carbocycles. The third-order valence-corrected chi connectivity index (χ3v) is 4.50. The summed E-state index contributed by atoms with van der Waals surface area (Å²) in [6.45, 7) is 5.20. The van der Waals surface area contributed by atoms with Gasteiger partial charge >= 0.3 is 0 Å². The SMILES string of the molecule is C[C@H]1CCC[C@H](C)N(C(=O)c2cc(-c3ccccc3)n[nH]2)C1. The molecular weight excluding hydrogens is 274 g/mol. The van der Waals surface area contributed by atoms with Crippen molar-refractivity contribution in [2.24, 2.45) is 5.92 Å². The largest absolute Gasteiger partial charge is 0.334 e. The van der Waals surface area contributed by atoms with Crippen molar-refractivity contribution in [3.63, 3.8) is 0 Å². The summed E-state index contributed by atoms with van der Waals surface area (Å²) in [4.78, 5) is 14.8. The third-order valence-electron chi connectivity index (χ3n) is 4.50. The number of H-pyrrole nitrogens is 1. The predicted octanol–water partition coefficient (Wildman–Crippen LogP) is 3.73. The van der Waals surface area contributed by atoms with E-state index in [1.54, 1.807) is 0 Å². The van der Waals surface area contributed by atoms with Crippen molar-refractivity contribution in [3.05, 3.63) is 42.1 Å². The van der Waals surface area contributed by atoms with E-state index in [1.807, 2.05) is 41.3 Å². The van der Waals surface area contributed by atoms with Crippen LogP contribution in [-0.2, 0) is 0 Å². The quantitative estimate of drug-likeness (QED) is 0.918. The lowest BCUT2D eigenvalue weighted by Gasteiger charge is -2.28. The lowest BCUT2D eigenvalue weighted by molar-refractivity contribution is 0.0671. The Kier molecular flexibility index (Phi) is 4.27. The first-order chi connectivity index (χ1) is 10.6. The van der Waals surface area contributed by atoms with Gasteiger partial charge in [-0.25, -0.2) is 0 Å². The first kappa shape index (κ1) is 14.8. The highest BCUT2D eigenvalue weighted by atomic mass is 16.2. The molecule has 0 aliphatic carbocycles. The first-order valence-electron chi connectivity index (χ1n) is 8.07. The van der Waals surface area contributed by atoms with Gasteiger partial charge in [0.25, 0.3) is 5.91 Å². The fraction of sp³-hybridized carbons (Fsp3) is 0.444. The van der Waals surface area contributed by atoms with E-state index in [2.05, 4.69) is 24.0 Å². The summed E-state index contributed by atoms with van der Waals surface area (Å²) in [5.74, 6) is 0.626. The maximum absolute atomic E-state index is 12.8. The number of nitrogens with zero attached hydrogens (tertiary/aromatic N) is 2. The number of hydrogen-bond donors (Lipinski definition) is 1. The molecule has 1 amide bonds. The molecule has 2 aromatic rings. The molecule has 2 atom stereocenters. The molecule has 3 rings (SSSR count). The minimum absolute atomic E-state index is 0.0657. The van der Waals surface area contributed by atoms with Crippen molar-refractivity contribution in [3.8, 4) is 11.3 Å². The summed E-state index contributed by atoms with van der Waals surface area (Å²) in [7, 11) is 0. The maximum atomic E-state index is 12.8. The monoisotopic (exact) mass is 297 g/mol. The Bertz CT molecular complexity index is 635. The molecule has 22 heavy (non-hydrogen) atoms. The average molecular weight is 297 g/mol. The summed E-state index contributed by atoms with van der Waals surface area (Å²) < 4.78 is 0. The fourth-order valence-corrected chi connectivity index (χ4v) is 3.15. The summed E-state index contributed by atoms with van der Waals surface area (Å²) in [5, 5.41) is 7.21. The maximum Gasteiger partial charge on any atom is 0.272 e. The van der Waals surface area contributed by atoms with Gasteiger partial charge in [-0.3, -0.25) is 9.89 Å². The van der Waals surface area contributed by atoms with Crippen LogP contribution in [0.2, 0.25) is 0 Å². The van der Waals surface area contributed by atoms with E-state index in [4.69, 9.17) is 0 Å². The zero-order valence-corrected chi connectivity index (χ0v) is 13.2. The zero-order valence-electron chi connectivity index (χ0n) is 13.2. The second-order valence-electron chi connectivity index (χ2n) is 6.38. The van der Waals surface area contributed by atoms with Gasteiger partial charge in [-0.15, -0.1) is 0 Å². The second-order valence-corrected chi connectivity index (χ2v) is 6.38. The number of aromatic amines is 1. The molecule has 1 N–H and O–H groups in total. The Morgan fingerprint density at radius 3 is 2.77 bits per heavy atom. The Balaban J connectivity index is 1.81. The fourth-order valence-electron chi connectivity index (χ4n) is 3.15. The number of carbonyl (C=O) groups is 1. The van der Waals surface area contributed by atoms with E-state index >= 15 is 0 Å². The van der Waals surface area contributed by atoms with Crippen molar-refractivity contribution >= 4 is 5.91 Å². The minimum Gasteiger partial charge on any atom is -0.334 e.